The standard InChI is InChI=1S/C14H11N3O4/c18-14(19)11-5-6-12(17(20)21)13(15-11)16-7-9-3-1-2-4-10(9)8-16/h1-6H,7-8H2,(H,18,19). The van der Waals surface area contributed by atoms with Crippen molar-refractivity contribution < 1.29 is 14.8 Å². The minimum absolute atomic E-state index is 0.0936. The molecule has 7 heteroatoms. The van der Waals surface area contributed by atoms with Gasteiger partial charge in [0.15, 0.2) is 5.69 Å². The zero-order valence-corrected chi connectivity index (χ0v) is 10.9. The van der Waals surface area contributed by atoms with Crippen LogP contribution in [0.25, 0.3) is 0 Å². The summed E-state index contributed by atoms with van der Waals surface area (Å²) in [6.07, 6.45) is 0. The lowest BCUT2D eigenvalue weighted by atomic mass is 10.1. The first kappa shape index (κ1) is 13.0. The van der Waals surface area contributed by atoms with Crippen molar-refractivity contribution in [3.05, 3.63) is 63.3 Å². The molecule has 7 nitrogen and oxygen atoms in total. The van der Waals surface area contributed by atoms with E-state index < -0.39 is 10.9 Å². The molecule has 1 aliphatic rings. The fraction of sp³-hybridized carbons (Fsp3) is 0.143. The number of hydrogen-bond donors (Lipinski definition) is 1. The molecule has 0 aliphatic carbocycles. The Kier molecular flexibility index (Phi) is 3.02. The monoisotopic (exact) mass is 285 g/mol. The first-order valence-corrected chi connectivity index (χ1v) is 6.26. The van der Waals surface area contributed by atoms with E-state index in [1.807, 2.05) is 24.3 Å². The molecule has 0 saturated carbocycles. The molecule has 0 atom stereocenters. The summed E-state index contributed by atoms with van der Waals surface area (Å²) in [5.74, 6) is -1.11. The number of carbonyl (C=O) groups is 1. The molecule has 1 aromatic heterocycles. The zero-order valence-electron chi connectivity index (χ0n) is 10.9. The lowest BCUT2D eigenvalue weighted by molar-refractivity contribution is -0.384. The average molecular weight is 285 g/mol. The van der Waals surface area contributed by atoms with Gasteiger partial charge in [-0.15, -0.1) is 0 Å². The van der Waals surface area contributed by atoms with Gasteiger partial charge < -0.3 is 10.0 Å². The number of hydrogen-bond acceptors (Lipinski definition) is 5. The number of nitrogens with zero attached hydrogens (tertiary/aromatic N) is 3. The third-order valence-electron chi connectivity index (χ3n) is 3.41. The zero-order chi connectivity index (χ0) is 15.0. The number of fused-ring (bicyclic) bond motifs is 1. The Hall–Kier alpha value is -2.96. The summed E-state index contributed by atoms with van der Waals surface area (Å²) in [4.78, 5) is 27.3. The predicted molar refractivity (Wildman–Crippen MR) is 74.2 cm³/mol. The minimum Gasteiger partial charge on any atom is -0.477 e. The Morgan fingerprint density at radius 2 is 1.81 bits per heavy atom. The van der Waals surface area contributed by atoms with E-state index >= 15 is 0 Å². The summed E-state index contributed by atoms with van der Waals surface area (Å²) in [5, 5.41) is 20.1. The van der Waals surface area contributed by atoms with Gasteiger partial charge in [0, 0.05) is 19.2 Å². The molecule has 0 saturated heterocycles. The molecule has 0 bridgehead atoms. The van der Waals surface area contributed by atoms with E-state index in [0.717, 1.165) is 17.2 Å². The van der Waals surface area contributed by atoms with Crippen molar-refractivity contribution in [1.29, 1.82) is 0 Å². The fourth-order valence-electron chi connectivity index (χ4n) is 2.42. The van der Waals surface area contributed by atoms with Gasteiger partial charge in [-0.1, -0.05) is 24.3 Å². The molecule has 0 amide bonds. The van der Waals surface area contributed by atoms with Gasteiger partial charge in [-0.25, -0.2) is 9.78 Å². The van der Waals surface area contributed by atoms with Gasteiger partial charge in [0.1, 0.15) is 0 Å². The van der Waals surface area contributed by atoms with Gasteiger partial charge in [0.2, 0.25) is 5.82 Å². The van der Waals surface area contributed by atoms with Gasteiger partial charge in [-0.3, -0.25) is 10.1 Å². The summed E-state index contributed by atoms with van der Waals surface area (Å²) in [6.45, 7) is 0.959. The molecule has 1 aliphatic heterocycles. The number of anilines is 1. The molecular weight excluding hydrogens is 274 g/mol. The summed E-state index contributed by atoms with van der Waals surface area (Å²) < 4.78 is 0. The SMILES string of the molecule is O=C(O)c1ccc([N+](=O)[O-])c(N2Cc3ccccc3C2)n1. The number of rotatable bonds is 3. The maximum atomic E-state index is 11.1. The van der Waals surface area contributed by atoms with Crippen LogP contribution >= 0.6 is 0 Å². The summed E-state index contributed by atoms with van der Waals surface area (Å²) in [7, 11) is 0. The van der Waals surface area contributed by atoms with Crippen molar-refractivity contribution in [3.8, 4) is 0 Å². The number of aromatic nitrogens is 1. The molecule has 2 heterocycles. The highest BCUT2D eigenvalue weighted by Crippen LogP contribution is 2.33. The molecular formula is C14H11N3O4. The van der Waals surface area contributed by atoms with Crippen molar-refractivity contribution in [2.75, 3.05) is 4.90 Å². The number of carboxylic acids is 1. The number of nitro groups is 1. The van der Waals surface area contributed by atoms with Gasteiger partial charge in [0.25, 0.3) is 0 Å². The fourth-order valence-corrected chi connectivity index (χ4v) is 2.42. The maximum absolute atomic E-state index is 11.1. The normalized spacial score (nSPS) is 13.0. The van der Waals surface area contributed by atoms with Crippen molar-refractivity contribution in [3.63, 3.8) is 0 Å². The van der Waals surface area contributed by atoms with E-state index in [0.29, 0.717) is 13.1 Å². The Morgan fingerprint density at radius 1 is 1.19 bits per heavy atom. The highest BCUT2D eigenvalue weighted by atomic mass is 16.6. The van der Waals surface area contributed by atoms with Gasteiger partial charge in [-0.05, 0) is 17.2 Å². The van der Waals surface area contributed by atoms with Crippen LogP contribution in [0.2, 0.25) is 0 Å². The lowest BCUT2D eigenvalue weighted by Gasteiger charge is -2.16. The summed E-state index contributed by atoms with van der Waals surface area (Å²) >= 11 is 0. The van der Waals surface area contributed by atoms with Gasteiger partial charge in [0.05, 0.1) is 4.92 Å². The van der Waals surface area contributed by atoms with E-state index in [4.69, 9.17) is 5.11 Å². The quantitative estimate of drug-likeness (QED) is 0.686. The van der Waals surface area contributed by atoms with Crippen LogP contribution in [0, 0.1) is 10.1 Å². The molecule has 0 spiro atoms. The number of benzene rings is 1. The summed E-state index contributed by atoms with van der Waals surface area (Å²) in [6, 6.07) is 10.0. The first-order chi connectivity index (χ1) is 10.1. The largest absolute Gasteiger partial charge is 0.477 e. The van der Waals surface area contributed by atoms with E-state index in [1.54, 1.807) is 4.90 Å². The lowest BCUT2D eigenvalue weighted by Crippen LogP contribution is -2.19. The number of carboxylic acid groups (broad SMARTS) is 1. The van der Waals surface area contributed by atoms with Crippen molar-refractivity contribution in [2.24, 2.45) is 0 Å². The molecule has 0 fully saturated rings. The predicted octanol–water partition coefficient (Wildman–Crippen LogP) is 2.21. The Morgan fingerprint density at radius 3 is 2.33 bits per heavy atom. The third kappa shape index (κ3) is 2.29. The molecule has 0 radical (unpaired) electrons. The first-order valence-electron chi connectivity index (χ1n) is 6.26. The molecule has 3 rings (SSSR count). The molecule has 2 aromatic rings. The van der Waals surface area contributed by atoms with Crippen LogP contribution in [-0.2, 0) is 13.1 Å². The van der Waals surface area contributed by atoms with Crippen LogP contribution < -0.4 is 4.90 Å². The van der Waals surface area contributed by atoms with E-state index in [-0.39, 0.29) is 17.2 Å². The average Bonchev–Trinajstić information content (AvgIpc) is 2.90. The second kappa shape index (κ2) is 4.86. The number of aromatic carboxylic acids is 1. The second-order valence-corrected chi connectivity index (χ2v) is 4.73. The van der Waals surface area contributed by atoms with Crippen LogP contribution in [0.3, 0.4) is 0 Å². The summed E-state index contributed by atoms with van der Waals surface area (Å²) in [5.41, 5.74) is 1.74. The minimum atomic E-state index is -1.21. The van der Waals surface area contributed by atoms with Crippen molar-refractivity contribution in [2.45, 2.75) is 13.1 Å². The van der Waals surface area contributed by atoms with Crippen LogP contribution in [-0.4, -0.2) is 21.0 Å². The molecule has 1 aromatic carbocycles. The highest BCUT2D eigenvalue weighted by molar-refractivity contribution is 5.86. The van der Waals surface area contributed by atoms with Gasteiger partial charge >= 0.3 is 11.7 Å². The van der Waals surface area contributed by atoms with E-state index in [2.05, 4.69) is 4.98 Å². The van der Waals surface area contributed by atoms with Crippen LogP contribution in [0.15, 0.2) is 36.4 Å². The highest BCUT2D eigenvalue weighted by Gasteiger charge is 2.27. The second-order valence-electron chi connectivity index (χ2n) is 4.73. The smallest absolute Gasteiger partial charge is 0.354 e. The Labute approximate surface area is 119 Å². The van der Waals surface area contributed by atoms with Gasteiger partial charge in [-0.2, -0.15) is 0 Å². The molecule has 1 N–H and O–H groups in total. The Balaban J connectivity index is 2.04. The maximum Gasteiger partial charge on any atom is 0.354 e. The van der Waals surface area contributed by atoms with Crippen molar-refractivity contribution in [1.82, 2.24) is 4.98 Å². The topological polar surface area (TPSA) is 96.6 Å². The Bertz CT molecular complexity index is 720. The molecule has 21 heavy (non-hydrogen) atoms. The van der Waals surface area contributed by atoms with Crippen molar-refractivity contribution >= 4 is 17.5 Å². The number of pyridine rings is 1. The molecule has 0 unspecified atom stereocenters. The molecule has 106 valence electrons. The van der Waals surface area contributed by atoms with E-state index in [9.17, 15) is 14.9 Å². The van der Waals surface area contributed by atoms with Crippen LogP contribution in [0.5, 0.6) is 0 Å². The van der Waals surface area contributed by atoms with Crippen LogP contribution in [0.4, 0.5) is 11.5 Å². The third-order valence-corrected chi connectivity index (χ3v) is 3.41. The van der Waals surface area contributed by atoms with Crippen LogP contribution in [0.1, 0.15) is 21.6 Å². The van der Waals surface area contributed by atoms with E-state index in [1.165, 1.54) is 6.07 Å².